The third-order valence-electron chi connectivity index (χ3n) is 3.90. The molecule has 0 spiro atoms. The average Bonchev–Trinajstić information content (AvgIpc) is 2.93. The Morgan fingerprint density at radius 1 is 1.38 bits per heavy atom. The fourth-order valence-corrected chi connectivity index (χ4v) is 3.51. The summed E-state index contributed by atoms with van der Waals surface area (Å²) in [5.74, 6) is 1.42. The van der Waals surface area contributed by atoms with Crippen molar-refractivity contribution in [2.24, 2.45) is 5.92 Å². The van der Waals surface area contributed by atoms with Crippen molar-refractivity contribution in [1.82, 2.24) is 9.88 Å². The zero-order valence-electron chi connectivity index (χ0n) is 13.3. The number of hydrogen-bond donors (Lipinski definition) is 2. The first-order chi connectivity index (χ1) is 9.90. The van der Waals surface area contributed by atoms with Crippen LogP contribution >= 0.6 is 11.3 Å². The Morgan fingerprint density at radius 2 is 2.10 bits per heavy atom. The maximum atomic E-state index is 10.2. The van der Waals surface area contributed by atoms with Crippen molar-refractivity contribution in [3.8, 4) is 0 Å². The largest absolute Gasteiger partial charge is 0.510 e. The Bertz CT molecular complexity index is 547. The standard InChI is InChI=1S/C16H25N3OS/c1-10(2)6-5-7-12(4)19-8-13(20)14(15(19)17)16-18-11(3)9-21-16/h9-10,12,17,20H,5-8H2,1-4H3/t12-/m1/s1. The number of amidine groups is 1. The quantitative estimate of drug-likeness (QED) is 0.827. The molecule has 5 heteroatoms. The molecule has 0 aromatic carbocycles. The molecule has 0 saturated carbocycles. The molecule has 1 atom stereocenters. The lowest BCUT2D eigenvalue weighted by molar-refractivity contribution is 0.289. The van der Waals surface area contributed by atoms with E-state index in [1.807, 2.05) is 17.2 Å². The topological polar surface area (TPSA) is 60.2 Å². The second kappa shape index (κ2) is 6.60. The first-order valence-electron chi connectivity index (χ1n) is 7.60. The van der Waals surface area contributed by atoms with Gasteiger partial charge in [0, 0.05) is 17.1 Å². The maximum Gasteiger partial charge on any atom is 0.135 e. The molecule has 0 fully saturated rings. The van der Waals surface area contributed by atoms with Gasteiger partial charge in [0.05, 0.1) is 12.1 Å². The van der Waals surface area contributed by atoms with Crippen LogP contribution in [0.4, 0.5) is 0 Å². The summed E-state index contributed by atoms with van der Waals surface area (Å²) in [4.78, 5) is 6.39. The lowest BCUT2D eigenvalue weighted by Gasteiger charge is -2.26. The highest BCUT2D eigenvalue weighted by molar-refractivity contribution is 7.11. The summed E-state index contributed by atoms with van der Waals surface area (Å²) < 4.78 is 0. The fourth-order valence-electron chi connectivity index (χ4n) is 2.65. The van der Waals surface area contributed by atoms with Crippen LogP contribution in [0.25, 0.3) is 5.57 Å². The van der Waals surface area contributed by atoms with E-state index < -0.39 is 0 Å². The van der Waals surface area contributed by atoms with Gasteiger partial charge in [-0.1, -0.05) is 26.7 Å². The molecule has 0 bridgehead atoms. The van der Waals surface area contributed by atoms with Crippen LogP contribution in [0.3, 0.4) is 0 Å². The van der Waals surface area contributed by atoms with Crippen LogP contribution in [-0.2, 0) is 0 Å². The number of nitrogens with one attached hydrogen (secondary N) is 1. The number of aryl methyl sites for hydroxylation is 1. The average molecular weight is 307 g/mol. The van der Waals surface area contributed by atoms with E-state index >= 15 is 0 Å². The summed E-state index contributed by atoms with van der Waals surface area (Å²) >= 11 is 1.49. The lowest BCUT2D eigenvalue weighted by atomic mass is 10.0. The summed E-state index contributed by atoms with van der Waals surface area (Å²) in [6.07, 6.45) is 3.43. The van der Waals surface area contributed by atoms with Crippen LogP contribution in [0.5, 0.6) is 0 Å². The van der Waals surface area contributed by atoms with Gasteiger partial charge in [0.2, 0.25) is 0 Å². The second-order valence-corrected chi connectivity index (χ2v) is 7.12. The Kier molecular flexibility index (Phi) is 5.04. The molecule has 1 aromatic rings. The van der Waals surface area contributed by atoms with Gasteiger partial charge in [-0.2, -0.15) is 0 Å². The van der Waals surface area contributed by atoms with E-state index in [9.17, 15) is 5.11 Å². The van der Waals surface area contributed by atoms with Crippen molar-refractivity contribution in [3.63, 3.8) is 0 Å². The minimum absolute atomic E-state index is 0.275. The van der Waals surface area contributed by atoms with E-state index in [4.69, 9.17) is 5.41 Å². The van der Waals surface area contributed by atoms with Crippen molar-refractivity contribution in [1.29, 1.82) is 5.41 Å². The van der Waals surface area contributed by atoms with E-state index in [0.29, 0.717) is 18.0 Å². The molecule has 4 nitrogen and oxygen atoms in total. The molecule has 0 saturated heterocycles. The Hall–Kier alpha value is -1.36. The fraction of sp³-hybridized carbons (Fsp3) is 0.625. The first-order valence-corrected chi connectivity index (χ1v) is 8.48. The van der Waals surface area contributed by atoms with Gasteiger partial charge in [0.1, 0.15) is 16.6 Å². The van der Waals surface area contributed by atoms with E-state index in [1.165, 1.54) is 17.8 Å². The Labute approximate surface area is 131 Å². The summed E-state index contributed by atoms with van der Waals surface area (Å²) in [5.41, 5.74) is 1.55. The smallest absolute Gasteiger partial charge is 0.135 e. The highest BCUT2D eigenvalue weighted by Crippen LogP contribution is 2.31. The summed E-state index contributed by atoms with van der Waals surface area (Å²) in [7, 11) is 0. The molecule has 1 aliphatic heterocycles. The van der Waals surface area contributed by atoms with Crippen LogP contribution < -0.4 is 0 Å². The van der Waals surface area contributed by atoms with E-state index in [-0.39, 0.29) is 11.8 Å². The van der Waals surface area contributed by atoms with Gasteiger partial charge in [-0.25, -0.2) is 4.98 Å². The Balaban J connectivity index is 2.02. The molecule has 2 heterocycles. The van der Waals surface area contributed by atoms with Gasteiger partial charge in [-0.3, -0.25) is 5.41 Å². The molecule has 0 unspecified atom stereocenters. The van der Waals surface area contributed by atoms with Gasteiger partial charge >= 0.3 is 0 Å². The minimum atomic E-state index is 0.275. The predicted octanol–water partition coefficient (Wildman–Crippen LogP) is 4.23. The number of thiazole rings is 1. The number of hydrogen-bond acceptors (Lipinski definition) is 4. The van der Waals surface area contributed by atoms with Crippen LogP contribution in [-0.4, -0.2) is 33.4 Å². The van der Waals surface area contributed by atoms with Gasteiger partial charge in [0.15, 0.2) is 0 Å². The third kappa shape index (κ3) is 3.64. The lowest BCUT2D eigenvalue weighted by Crippen LogP contribution is -2.35. The molecule has 2 rings (SSSR count). The number of aromatic nitrogens is 1. The SMILES string of the molecule is Cc1csc(C2=C(O)CN([C@H](C)CCCC(C)C)C2=N)n1. The van der Waals surface area contributed by atoms with Crippen molar-refractivity contribution in [2.75, 3.05) is 6.54 Å². The third-order valence-corrected chi connectivity index (χ3v) is 4.88. The van der Waals surface area contributed by atoms with Crippen molar-refractivity contribution >= 4 is 22.7 Å². The predicted molar refractivity (Wildman–Crippen MR) is 89.0 cm³/mol. The van der Waals surface area contributed by atoms with Gasteiger partial charge in [0.25, 0.3) is 0 Å². The van der Waals surface area contributed by atoms with Crippen molar-refractivity contribution in [3.05, 3.63) is 21.8 Å². The summed E-state index contributed by atoms with van der Waals surface area (Å²) in [6.45, 7) is 8.98. The van der Waals surface area contributed by atoms with Crippen molar-refractivity contribution in [2.45, 2.75) is 53.0 Å². The van der Waals surface area contributed by atoms with Crippen LogP contribution in [0.1, 0.15) is 50.7 Å². The molecule has 2 N–H and O–H groups in total. The first kappa shape index (κ1) is 16.0. The molecule has 0 radical (unpaired) electrons. The molecule has 0 amide bonds. The highest BCUT2D eigenvalue weighted by atomic mass is 32.1. The summed E-state index contributed by atoms with van der Waals surface area (Å²) in [5, 5.41) is 21.3. The van der Waals surface area contributed by atoms with Gasteiger partial charge < -0.3 is 10.0 Å². The monoisotopic (exact) mass is 307 g/mol. The molecule has 0 aliphatic carbocycles. The van der Waals surface area contributed by atoms with Crippen LogP contribution in [0.2, 0.25) is 0 Å². The Morgan fingerprint density at radius 3 is 2.67 bits per heavy atom. The van der Waals surface area contributed by atoms with Crippen LogP contribution in [0, 0.1) is 18.3 Å². The molecule has 1 aliphatic rings. The summed E-state index contributed by atoms with van der Waals surface area (Å²) in [6, 6.07) is 0.275. The minimum Gasteiger partial charge on any atom is -0.510 e. The number of aliphatic hydroxyl groups is 1. The van der Waals surface area contributed by atoms with Gasteiger partial charge in [-0.15, -0.1) is 11.3 Å². The number of rotatable bonds is 6. The molecular formula is C16H25N3OS. The zero-order chi connectivity index (χ0) is 15.6. The van der Waals surface area contributed by atoms with E-state index in [0.717, 1.165) is 29.5 Å². The molecule has 1 aromatic heterocycles. The van der Waals surface area contributed by atoms with Gasteiger partial charge in [-0.05, 0) is 26.2 Å². The molecule has 21 heavy (non-hydrogen) atoms. The zero-order valence-corrected chi connectivity index (χ0v) is 14.1. The number of aliphatic hydroxyl groups excluding tert-OH is 1. The second-order valence-electron chi connectivity index (χ2n) is 6.27. The van der Waals surface area contributed by atoms with E-state index in [1.54, 1.807) is 0 Å². The normalized spacial score (nSPS) is 17.2. The maximum absolute atomic E-state index is 10.2. The highest BCUT2D eigenvalue weighted by Gasteiger charge is 2.32. The molecule has 116 valence electrons. The number of nitrogens with zero attached hydrogens (tertiary/aromatic N) is 2. The van der Waals surface area contributed by atoms with E-state index in [2.05, 4.69) is 25.8 Å². The van der Waals surface area contributed by atoms with Crippen molar-refractivity contribution < 1.29 is 5.11 Å². The van der Waals surface area contributed by atoms with Crippen LogP contribution in [0.15, 0.2) is 11.1 Å². The molecular weight excluding hydrogens is 282 g/mol.